The van der Waals surface area contributed by atoms with E-state index in [-0.39, 0.29) is 16.9 Å². The third-order valence-electron chi connectivity index (χ3n) is 1.84. The molecule has 2 N–H and O–H groups in total. The zero-order valence-corrected chi connectivity index (χ0v) is 10.3. The van der Waals surface area contributed by atoms with Crippen LogP contribution >= 0.6 is 0 Å². The van der Waals surface area contributed by atoms with Crippen LogP contribution in [0.25, 0.3) is 0 Å². The maximum absolute atomic E-state index is 10.9. The first kappa shape index (κ1) is 14.0. The maximum atomic E-state index is 10.9. The summed E-state index contributed by atoms with van der Waals surface area (Å²) >= 11 is 0. The summed E-state index contributed by atoms with van der Waals surface area (Å²) < 4.78 is 0. The Labute approximate surface area is 104 Å². The van der Waals surface area contributed by atoms with E-state index in [1.165, 1.54) is 6.07 Å². The topological polar surface area (TPSA) is 93.1 Å². The van der Waals surface area contributed by atoms with Crippen LogP contribution in [0.1, 0.15) is 41.5 Å². The van der Waals surface area contributed by atoms with Gasteiger partial charge in [0.2, 0.25) is 0 Å². The Morgan fingerprint density at radius 2 is 1.72 bits per heavy atom. The summed E-state index contributed by atoms with van der Waals surface area (Å²) in [6.07, 6.45) is 0. The van der Waals surface area contributed by atoms with Crippen molar-refractivity contribution in [3.63, 3.8) is 0 Å². The molecule has 0 aliphatic rings. The van der Waals surface area contributed by atoms with Gasteiger partial charge in [-0.15, -0.1) is 0 Å². The van der Waals surface area contributed by atoms with Crippen LogP contribution in [0, 0.1) is 0 Å². The first-order valence-electron chi connectivity index (χ1n) is 5.17. The molecule has 0 unspecified atom stereocenters. The lowest BCUT2D eigenvalue weighted by atomic mass is 10.1. The van der Waals surface area contributed by atoms with E-state index in [9.17, 15) is 9.59 Å². The smallest absolute Gasteiger partial charge is 0.339 e. The van der Waals surface area contributed by atoms with Gasteiger partial charge in [0.25, 0.3) is 0 Å². The Kier molecular flexibility index (Phi) is 3.93. The lowest BCUT2D eigenvalue weighted by Gasteiger charge is -2.18. The normalized spacial score (nSPS) is 11.1. The van der Waals surface area contributed by atoms with Crippen LogP contribution in [0.15, 0.2) is 18.2 Å². The fourth-order valence-corrected chi connectivity index (χ4v) is 1.07. The predicted octanol–water partition coefficient (Wildman–Crippen LogP) is 2.19. The molecular weight excluding hydrogens is 240 g/mol. The number of benzene rings is 1. The van der Waals surface area contributed by atoms with Crippen LogP contribution in [0.3, 0.4) is 0 Å². The molecule has 0 radical (unpaired) electrons. The quantitative estimate of drug-likeness (QED) is 0.632. The molecule has 0 heterocycles. The molecule has 1 aromatic rings. The van der Waals surface area contributed by atoms with E-state index < -0.39 is 17.5 Å². The fourth-order valence-electron chi connectivity index (χ4n) is 1.07. The summed E-state index contributed by atoms with van der Waals surface area (Å²) in [5.74, 6) is -2.54. The highest BCUT2D eigenvalue weighted by molar-refractivity contribution is 5.94. The fraction of sp³-hybridized carbons (Fsp3) is 0.333. The van der Waals surface area contributed by atoms with Crippen molar-refractivity contribution < 1.29 is 29.6 Å². The zero-order valence-electron chi connectivity index (χ0n) is 10.3. The molecule has 0 aliphatic carbocycles. The van der Waals surface area contributed by atoms with E-state index in [0.29, 0.717) is 0 Å². The van der Waals surface area contributed by atoms with E-state index in [1.807, 2.05) is 0 Å². The van der Waals surface area contributed by atoms with Crippen LogP contribution in [0.4, 0.5) is 0 Å². The minimum Gasteiger partial charge on any atom is -0.478 e. The van der Waals surface area contributed by atoms with Crippen molar-refractivity contribution >= 4 is 11.9 Å². The summed E-state index contributed by atoms with van der Waals surface area (Å²) in [7, 11) is 0. The molecule has 0 spiro atoms. The minimum absolute atomic E-state index is 0.0764. The molecule has 0 amide bonds. The standard InChI is InChI=1S/C12H14O6/c1-12(2,3)18-17-9-6-7(10(13)14)4-5-8(9)11(15)16/h4-6H,1-3H3,(H,13,14)(H,15,16). The van der Waals surface area contributed by atoms with Crippen molar-refractivity contribution in [2.24, 2.45) is 0 Å². The monoisotopic (exact) mass is 254 g/mol. The molecule has 1 aromatic carbocycles. The predicted molar refractivity (Wildman–Crippen MR) is 61.8 cm³/mol. The highest BCUT2D eigenvalue weighted by Crippen LogP contribution is 2.23. The number of rotatable bonds is 4. The van der Waals surface area contributed by atoms with Gasteiger partial charge in [0, 0.05) is 0 Å². The van der Waals surface area contributed by atoms with E-state index in [4.69, 9.17) is 20.0 Å². The lowest BCUT2D eigenvalue weighted by molar-refractivity contribution is -0.274. The Bertz CT molecular complexity index is 472. The molecule has 0 fully saturated rings. The maximum Gasteiger partial charge on any atom is 0.339 e. The number of carboxylic acid groups (broad SMARTS) is 2. The number of hydrogen-bond acceptors (Lipinski definition) is 4. The van der Waals surface area contributed by atoms with Gasteiger partial charge in [0.15, 0.2) is 5.75 Å². The third kappa shape index (κ3) is 3.74. The molecule has 0 saturated carbocycles. The number of carboxylic acids is 2. The van der Waals surface area contributed by atoms with Crippen molar-refractivity contribution in [2.75, 3.05) is 0 Å². The van der Waals surface area contributed by atoms with Crippen molar-refractivity contribution in [1.82, 2.24) is 0 Å². The van der Waals surface area contributed by atoms with E-state index >= 15 is 0 Å². The molecule has 6 heteroatoms. The van der Waals surface area contributed by atoms with Crippen molar-refractivity contribution in [3.05, 3.63) is 29.3 Å². The van der Waals surface area contributed by atoms with Gasteiger partial charge >= 0.3 is 11.9 Å². The summed E-state index contributed by atoms with van der Waals surface area (Å²) in [6.45, 7) is 5.15. The van der Waals surface area contributed by atoms with Crippen LogP contribution in [-0.2, 0) is 4.89 Å². The first-order chi connectivity index (χ1) is 8.20. The van der Waals surface area contributed by atoms with Gasteiger partial charge in [-0.3, -0.25) is 0 Å². The summed E-state index contributed by atoms with van der Waals surface area (Å²) in [5.41, 5.74) is -0.883. The Morgan fingerprint density at radius 1 is 1.11 bits per heavy atom. The van der Waals surface area contributed by atoms with Gasteiger partial charge in [-0.05, 0) is 39.0 Å². The molecular formula is C12H14O6. The Morgan fingerprint density at radius 3 is 2.17 bits per heavy atom. The highest BCUT2D eigenvalue weighted by atomic mass is 17.2. The van der Waals surface area contributed by atoms with Gasteiger partial charge in [0.05, 0.1) is 5.56 Å². The average molecular weight is 254 g/mol. The molecule has 18 heavy (non-hydrogen) atoms. The number of hydrogen-bond donors (Lipinski definition) is 2. The zero-order chi connectivity index (χ0) is 13.9. The van der Waals surface area contributed by atoms with Crippen molar-refractivity contribution in [2.45, 2.75) is 26.4 Å². The van der Waals surface area contributed by atoms with Crippen LogP contribution in [-0.4, -0.2) is 27.8 Å². The molecule has 0 saturated heterocycles. The largest absolute Gasteiger partial charge is 0.478 e. The highest BCUT2D eigenvalue weighted by Gasteiger charge is 2.19. The summed E-state index contributed by atoms with van der Waals surface area (Å²) in [6, 6.07) is 3.46. The Balaban J connectivity index is 3.08. The van der Waals surface area contributed by atoms with Gasteiger partial charge < -0.3 is 15.1 Å². The molecule has 0 atom stereocenters. The van der Waals surface area contributed by atoms with E-state index in [2.05, 4.69) is 0 Å². The number of aromatic carboxylic acids is 2. The van der Waals surface area contributed by atoms with Gasteiger partial charge in [0.1, 0.15) is 11.2 Å². The molecule has 0 aliphatic heterocycles. The molecule has 0 bridgehead atoms. The number of carbonyl (C=O) groups is 2. The second-order valence-corrected chi connectivity index (χ2v) is 4.60. The van der Waals surface area contributed by atoms with Crippen molar-refractivity contribution in [1.29, 1.82) is 0 Å². The van der Waals surface area contributed by atoms with Gasteiger partial charge in [-0.2, -0.15) is 4.89 Å². The summed E-state index contributed by atoms with van der Waals surface area (Å²) in [4.78, 5) is 31.6. The van der Waals surface area contributed by atoms with E-state index in [0.717, 1.165) is 12.1 Å². The van der Waals surface area contributed by atoms with Crippen LogP contribution in [0.5, 0.6) is 5.75 Å². The second kappa shape index (κ2) is 5.05. The molecule has 98 valence electrons. The lowest BCUT2D eigenvalue weighted by Crippen LogP contribution is -2.22. The third-order valence-corrected chi connectivity index (χ3v) is 1.84. The minimum atomic E-state index is -1.22. The summed E-state index contributed by atoms with van der Waals surface area (Å²) in [5, 5.41) is 17.8. The first-order valence-corrected chi connectivity index (χ1v) is 5.17. The second-order valence-electron chi connectivity index (χ2n) is 4.60. The molecule has 6 nitrogen and oxygen atoms in total. The molecule has 1 rings (SSSR count). The van der Waals surface area contributed by atoms with E-state index in [1.54, 1.807) is 20.8 Å². The van der Waals surface area contributed by atoms with Gasteiger partial charge in [-0.1, -0.05) is 0 Å². The Hall–Kier alpha value is -2.08. The SMILES string of the molecule is CC(C)(C)OOc1cc(C(=O)O)ccc1C(=O)O. The van der Waals surface area contributed by atoms with Crippen LogP contribution < -0.4 is 4.89 Å². The van der Waals surface area contributed by atoms with Gasteiger partial charge in [-0.25, -0.2) is 9.59 Å². The average Bonchev–Trinajstić information content (AvgIpc) is 2.24. The van der Waals surface area contributed by atoms with Crippen LogP contribution in [0.2, 0.25) is 0 Å². The van der Waals surface area contributed by atoms with Crippen molar-refractivity contribution in [3.8, 4) is 5.75 Å². The molecule has 0 aromatic heterocycles.